The monoisotopic (exact) mass is 485 g/mol. The van der Waals surface area contributed by atoms with E-state index in [-0.39, 0.29) is 24.9 Å². The Hall–Kier alpha value is -3.98. The fourth-order valence-corrected chi connectivity index (χ4v) is 3.50. The molecule has 0 atom stereocenters. The van der Waals surface area contributed by atoms with Crippen molar-refractivity contribution >= 4 is 23.6 Å². The van der Waals surface area contributed by atoms with Gasteiger partial charge < -0.3 is 30.0 Å². The van der Waals surface area contributed by atoms with Gasteiger partial charge in [-0.1, -0.05) is 11.6 Å². The molecule has 3 rings (SSSR count). The number of ether oxygens (including phenoxy) is 3. The topological polar surface area (TPSA) is 119 Å². The number of carbonyl (C=O) groups is 2. The number of halogens is 1. The molecule has 0 fully saturated rings. The van der Waals surface area contributed by atoms with Gasteiger partial charge in [-0.25, -0.2) is 9.78 Å². The second-order valence-electron chi connectivity index (χ2n) is 7.20. The van der Waals surface area contributed by atoms with E-state index in [9.17, 15) is 9.59 Å². The van der Waals surface area contributed by atoms with Gasteiger partial charge in [-0.2, -0.15) is 0 Å². The van der Waals surface area contributed by atoms with Gasteiger partial charge in [0.15, 0.2) is 0 Å². The molecule has 178 valence electrons. The van der Waals surface area contributed by atoms with E-state index < -0.39 is 6.09 Å². The van der Waals surface area contributed by atoms with E-state index in [2.05, 4.69) is 15.6 Å². The van der Waals surface area contributed by atoms with Crippen LogP contribution in [0.4, 0.5) is 4.79 Å². The largest absolute Gasteiger partial charge is 0.497 e. The van der Waals surface area contributed by atoms with E-state index in [1.165, 1.54) is 7.11 Å². The average molecular weight is 486 g/mol. The third kappa shape index (κ3) is 6.29. The summed E-state index contributed by atoms with van der Waals surface area (Å²) in [7, 11) is 4.57. The molecule has 3 aromatic rings. The van der Waals surface area contributed by atoms with Crippen molar-refractivity contribution in [3.05, 3.63) is 70.4 Å². The fourth-order valence-electron chi connectivity index (χ4n) is 3.26. The lowest BCUT2D eigenvalue weighted by molar-refractivity contribution is 0.0950. The highest BCUT2D eigenvalue weighted by atomic mass is 35.5. The normalized spacial score (nSPS) is 10.4. The summed E-state index contributed by atoms with van der Waals surface area (Å²) in [6.07, 6.45) is 0.399. The molecule has 0 bridgehead atoms. The Bertz CT molecular complexity index is 1180. The van der Waals surface area contributed by atoms with Crippen molar-refractivity contribution in [3.63, 3.8) is 0 Å². The Kier molecular flexibility index (Phi) is 8.15. The molecule has 10 heteroatoms. The van der Waals surface area contributed by atoms with Gasteiger partial charge in [0.05, 0.1) is 21.3 Å². The van der Waals surface area contributed by atoms with Crippen LogP contribution in [0, 0.1) is 0 Å². The predicted octanol–water partition coefficient (Wildman–Crippen LogP) is 4.13. The highest BCUT2D eigenvalue weighted by Crippen LogP contribution is 2.29. The van der Waals surface area contributed by atoms with Crippen molar-refractivity contribution in [2.75, 3.05) is 21.3 Å². The lowest BCUT2D eigenvalue weighted by Gasteiger charge is -2.13. The SMILES string of the molecule is COc1cc(CNC(=O)c2cc(CNC(=O)O)cc(-c3cnc(OC)c(Cl)c3)c2)cc(OC)c1. The number of pyridine rings is 1. The first-order valence-corrected chi connectivity index (χ1v) is 10.5. The van der Waals surface area contributed by atoms with E-state index in [0.717, 1.165) is 5.56 Å². The Morgan fingerprint density at radius 3 is 2.09 bits per heavy atom. The van der Waals surface area contributed by atoms with Crippen molar-refractivity contribution in [2.24, 2.45) is 0 Å². The maximum absolute atomic E-state index is 13.0. The number of amides is 2. The number of carbonyl (C=O) groups excluding carboxylic acids is 1. The summed E-state index contributed by atoms with van der Waals surface area (Å²) in [5, 5.41) is 14.5. The molecule has 0 spiro atoms. The summed E-state index contributed by atoms with van der Waals surface area (Å²) in [6, 6.07) is 12.1. The summed E-state index contributed by atoms with van der Waals surface area (Å²) in [4.78, 5) is 28.1. The van der Waals surface area contributed by atoms with Crippen LogP contribution in [-0.4, -0.2) is 43.4 Å². The minimum atomic E-state index is -1.17. The second-order valence-corrected chi connectivity index (χ2v) is 7.60. The summed E-state index contributed by atoms with van der Waals surface area (Å²) in [5.74, 6) is 1.15. The van der Waals surface area contributed by atoms with Gasteiger partial charge in [0, 0.05) is 36.5 Å². The maximum atomic E-state index is 13.0. The van der Waals surface area contributed by atoms with Crippen LogP contribution in [0.15, 0.2) is 48.7 Å². The smallest absolute Gasteiger partial charge is 0.404 e. The molecule has 2 aromatic carbocycles. The zero-order valence-electron chi connectivity index (χ0n) is 18.8. The van der Waals surface area contributed by atoms with Crippen LogP contribution in [-0.2, 0) is 13.1 Å². The Morgan fingerprint density at radius 2 is 1.50 bits per heavy atom. The van der Waals surface area contributed by atoms with Crippen molar-refractivity contribution in [2.45, 2.75) is 13.1 Å². The first-order chi connectivity index (χ1) is 16.3. The quantitative estimate of drug-likeness (QED) is 0.417. The van der Waals surface area contributed by atoms with Gasteiger partial charge in [-0.05, 0) is 53.1 Å². The van der Waals surface area contributed by atoms with Crippen LogP contribution in [0.1, 0.15) is 21.5 Å². The van der Waals surface area contributed by atoms with Gasteiger partial charge in [-0.3, -0.25) is 4.79 Å². The molecule has 1 heterocycles. The highest BCUT2D eigenvalue weighted by Gasteiger charge is 2.13. The van der Waals surface area contributed by atoms with Crippen LogP contribution in [0.3, 0.4) is 0 Å². The van der Waals surface area contributed by atoms with Gasteiger partial charge in [0.2, 0.25) is 5.88 Å². The lowest BCUT2D eigenvalue weighted by atomic mass is 10.00. The first-order valence-electron chi connectivity index (χ1n) is 10.1. The van der Waals surface area contributed by atoms with Gasteiger partial charge in [-0.15, -0.1) is 0 Å². The number of benzene rings is 2. The molecular weight excluding hydrogens is 462 g/mol. The number of nitrogens with one attached hydrogen (secondary N) is 2. The van der Waals surface area contributed by atoms with Crippen molar-refractivity contribution in [1.29, 1.82) is 0 Å². The molecule has 34 heavy (non-hydrogen) atoms. The number of aromatic nitrogens is 1. The first kappa shape index (κ1) is 24.7. The van der Waals surface area contributed by atoms with Crippen LogP contribution in [0.25, 0.3) is 11.1 Å². The number of methoxy groups -OCH3 is 3. The van der Waals surface area contributed by atoms with Crippen molar-refractivity contribution < 1.29 is 28.9 Å². The van der Waals surface area contributed by atoms with Crippen molar-refractivity contribution in [1.82, 2.24) is 15.6 Å². The minimum absolute atomic E-state index is 0.0217. The van der Waals surface area contributed by atoms with E-state index in [1.807, 2.05) is 0 Å². The maximum Gasteiger partial charge on any atom is 0.404 e. The molecule has 2 amide bonds. The predicted molar refractivity (Wildman–Crippen MR) is 127 cm³/mol. The standard InChI is InChI=1S/C24H24ClN3O6/c1-32-19-6-15(7-20(10-19)33-2)11-26-22(29)17-5-14(12-28-24(30)31)4-16(8-17)18-9-21(25)23(34-3)27-13-18/h4-10,13,28H,11-12H2,1-3H3,(H,26,29)(H,30,31). The van der Waals surface area contributed by atoms with Crippen LogP contribution >= 0.6 is 11.6 Å². The minimum Gasteiger partial charge on any atom is -0.497 e. The molecule has 0 aliphatic carbocycles. The van der Waals surface area contributed by atoms with Gasteiger partial charge >= 0.3 is 6.09 Å². The summed E-state index contributed by atoms with van der Waals surface area (Å²) < 4.78 is 15.6. The molecule has 0 unspecified atom stereocenters. The van der Waals surface area contributed by atoms with Gasteiger partial charge in [0.1, 0.15) is 16.5 Å². The molecule has 0 saturated heterocycles. The third-order valence-electron chi connectivity index (χ3n) is 4.90. The van der Waals surface area contributed by atoms with Crippen LogP contribution < -0.4 is 24.8 Å². The molecule has 9 nitrogen and oxygen atoms in total. The molecule has 0 aliphatic rings. The molecule has 0 radical (unpaired) electrons. The Morgan fingerprint density at radius 1 is 0.853 bits per heavy atom. The number of carboxylic acid groups (broad SMARTS) is 1. The van der Waals surface area contributed by atoms with Crippen LogP contribution in [0.5, 0.6) is 17.4 Å². The number of nitrogens with zero attached hydrogens (tertiary/aromatic N) is 1. The van der Waals surface area contributed by atoms with Crippen molar-refractivity contribution in [3.8, 4) is 28.5 Å². The summed E-state index contributed by atoms with van der Waals surface area (Å²) >= 11 is 6.21. The molecule has 1 aromatic heterocycles. The van der Waals surface area contributed by atoms with Gasteiger partial charge in [0.25, 0.3) is 5.91 Å². The zero-order valence-corrected chi connectivity index (χ0v) is 19.6. The number of hydrogen-bond acceptors (Lipinski definition) is 6. The lowest BCUT2D eigenvalue weighted by Crippen LogP contribution is -2.24. The highest BCUT2D eigenvalue weighted by molar-refractivity contribution is 6.32. The average Bonchev–Trinajstić information content (AvgIpc) is 2.85. The zero-order chi connectivity index (χ0) is 24.7. The van der Waals surface area contributed by atoms with E-state index in [0.29, 0.717) is 38.8 Å². The molecule has 0 aliphatic heterocycles. The third-order valence-corrected chi connectivity index (χ3v) is 5.17. The molecule has 3 N–H and O–H groups in total. The van der Waals surface area contributed by atoms with Crippen LogP contribution in [0.2, 0.25) is 5.02 Å². The number of rotatable bonds is 9. The fraction of sp³-hybridized carbons (Fsp3) is 0.208. The van der Waals surface area contributed by atoms with E-state index >= 15 is 0 Å². The number of hydrogen-bond donors (Lipinski definition) is 3. The Labute approximate surface area is 201 Å². The summed E-state index contributed by atoms with van der Waals surface area (Å²) in [5.41, 5.74) is 3.03. The van der Waals surface area contributed by atoms with E-state index in [4.69, 9.17) is 30.9 Å². The molecular formula is C24H24ClN3O6. The second kappa shape index (κ2) is 11.2. The molecule has 0 saturated carbocycles. The van der Waals surface area contributed by atoms with E-state index in [1.54, 1.807) is 62.9 Å². The summed E-state index contributed by atoms with van der Waals surface area (Å²) in [6.45, 7) is 0.253. The Balaban J connectivity index is 1.89.